The van der Waals surface area contributed by atoms with E-state index in [1.54, 1.807) is 0 Å². The Kier molecular flexibility index (Phi) is 5.16. The van der Waals surface area contributed by atoms with Gasteiger partial charge in [-0.3, -0.25) is 0 Å². The van der Waals surface area contributed by atoms with Crippen molar-refractivity contribution in [2.24, 2.45) is 5.92 Å². The van der Waals surface area contributed by atoms with Crippen molar-refractivity contribution in [3.05, 3.63) is 33.0 Å². The molecular weight excluding hydrogens is 338 g/mol. The van der Waals surface area contributed by atoms with Gasteiger partial charge in [-0.2, -0.15) is 0 Å². The zero-order valence-corrected chi connectivity index (χ0v) is 14.7. The number of hydrogen-bond acceptors (Lipinski definition) is 2. The molecule has 0 amide bonds. The first-order chi connectivity index (χ1) is 9.40. The monoisotopic (exact) mass is 357 g/mol. The zero-order valence-electron chi connectivity index (χ0n) is 12.4. The van der Waals surface area contributed by atoms with E-state index in [0.717, 1.165) is 34.3 Å². The van der Waals surface area contributed by atoms with Crippen LogP contribution in [0.2, 0.25) is 5.02 Å². The van der Waals surface area contributed by atoms with Gasteiger partial charge in [-0.15, -0.1) is 0 Å². The Balaban J connectivity index is 2.43. The highest BCUT2D eigenvalue weighted by Gasteiger charge is 2.19. The number of nitrogens with one attached hydrogen (secondary N) is 1. The normalized spacial score (nSPS) is 12.0. The van der Waals surface area contributed by atoms with Crippen LogP contribution in [0.15, 0.2) is 21.0 Å². The molecule has 0 fully saturated rings. The van der Waals surface area contributed by atoms with Gasteiger partial charge in [-0.1, -0.05) is 55.2 Å². The summed E-state index contributed by atoms with van der Waals surface area (Å²) < 4.78 is 7.00. The summed E-state index contributed by atoms with van der Waals surface area (Å²) in [6.45, 7) is 10.5. The fourth-order valence-corrected chi connectivity index (χ4v) is 3.28. The molecule has 2 nitrogen and oxygen atoms in total. The summed E-state index contributed by atoms with van der Waals surface area (Å²) in [4.78, 5) is 0. The van der Waals surface area contributed by atoms with Crippen LogP contribution >= 0.6 is 27.5 Å². The largest absolute Gasteiger partial charge is 0.458 e. The van der Waals surface area contributed by atoms with Crippen LogP contribution in [0.4, 0.5) is 0 Å². The van der Waals surface area contributed by atoms with Crippen molar-refractivity contribution >= 4 is 38.5 Å². The summed E-state index contributed by atoms with van der Waals surface area (Å²) in [7, 11) is 0. The third kappa shape index (κ3) is 3.38. The lowest BCUT2D eigenvalue weighted by molar-refractivity contribution is 0.478. The first-order valence-corrected chi connectivity index (χ1v) is 8.18. The molecule has 1 heterocycles. The van der Waals surface area contributed by atoms with Gasteiger partial charge in [0.05, 0.1) is 11.6 Å². The van der Waals surface area contributed by atoms with Crippen LogP contribution in [0.3, 0.4) is 0 Å². The lowest BCUT2D eigenvalue weighted by Gasteiger charge is -2.09. The molecule has 1 aromatic heterocycles. The summed E-state index contributed by atoms with van der Waals surface area (Å²) in [6.07, 6.45) is 0. The molecule has 0 saturated carbocycles. The van der Waals surface area contributed by atoms with Crippen LogP contribution in [0.25, 0.3) is 11.0 Å². The Morgan fingerprint density at radius 2 is 1.95 bits per heavy atom. The predicted octanol–water partition coefficient (Wildman–Crippen LogP) is 5.72. The molecule has 0 aliphatic carbocycles. The smallest absolute Gasteiger partial charge is 0.153 e. The van der Waals surface area contributed by atoms with Gasteiger partial charge in [0, 0.05) is 15.4 Å². The molecule has 0 bridgehead atoms. The number of benzene rings is 1. The van der Waals surface area contributed by atoms with Crippen molar-refractivity contribution in [3.63, 3.8) is 0 Å². The van der Waals surface area contributed by atoms with Gasteiger partial charge in [0.2, 0.25) is 0 Å². The van der Waals surface area contributed by atoms with Gasteiger partial charge in [0.1, 0.15) is 5.76 Å². The van der Waals surface area contributed by atoms with Crippen molar-refractivity contribution in [2.45, 2.75) is 40.2 Å². The van der Waals surface area contributed by atoms with E-state index in [1.807, 2.05) is 6.07 Å². The Morgan fingerprint density at radius 1 is 1.25 bits per heavy atom. The maximum atomic E-state index is 6.29. The van der Waals surface area contributed by atoms with Gasteiger partial charge in [-0.05, 0) is 30.5 Å². The van der Waals surface area contributed by atoms with E-state index in [-0.39, 0.29) is 0 Å². The highest BCUT2D eigenvalue weighted by Crippen LogP contribution is 2.37. The molecule has 110 valence electrons. The Labute approximate surface area is 134 Å². The number of halogens is 2. The maximum absolute atomic E-state index is 6.29. The molecule has 0 atom stereocenters. The van der Waals surface area contributed by atoms with Crippen LogP contribution in [0.1, 0.15) is 44.9 Å². The molecule has 0 aliphatic heterocycles. The van der Waals surface area contributed by atoms with Gasteiger partial charge in [0.15, 0.2) is 5.58 Å². The van der Waals surface area contributed by atoms with Gasteiger partial charge < -0.3 is 9.73 Å². The fraction of sp³-hybridized carbons (Fsp3) is 0.500. The molecule has 2 rings (SSSR count). The van der Waals surface area contributed by atoms with E-state index in [2.05, 4.69) is 55.0 Å². The fourth-order valence-electron chi connectivity index (χ4n) is 2.43. The molecule has 1 N–H and O–H groups in total. The molecule has 0 spiro atoms. The summed E-state index contributed by atoms with van der Waals surface area (Å²) in [5.74, 6) is 2.02. The van der Waals surface area contributed by atoms with E-state index < -0.39 is 0 Å². The van der Waals surface area contributed by atoms with Gasteiger partial charge >= 0.3 is 0 Å². The maximum Gasteiger partial charge on any atom is 0.153 e. The summed E-state index contributed by atoms with van der Waals surface area (Å²) in [6, 6.07) is 3.97. The molecule has 0 unspecified atom stereocenters. The second-order valence-electron chi connectivity index (χ2n) is 5.88. The quantitative estimate of drug-likeness (QED) is 0.739. The summed E-state index contributed by atoms with van der Waals surface area (Å²) in [5, 5.41) is 5.21. The molecule has 4 heteroatoms. The average Bonchev–Trinajstić information content (AvgIpc) is 2.67. The first kappa shape index (κ1) is 15.9. The van der Waals surface area contributed by atoms with Crippen molar-refractivity contribution in [2.75, 3.05) is 6.54 Å². The highest BCUT2D eigenvalue weighted by molar-refractivity contribution is 9.10. The Morgan fingerprint density at radius 3 is 2.55 bits per heavy atom. The molecular formula is C16H21BrClNO. The number of furan rings is 1. The van der Waals surface area contributed by atoms with Crippen LogP contribution in [-0.4, -0.2) is 6.54 Å². The number of fused-ring (bicyclic) bond motifs is 1. The van der Waals surface area contributed by atoms with E-state index in [4.69, 9.17) is 16.0 Å². The Hall–Kier alpha value is -0.510. The van der Waals surface area contributed by atoms with Crippen molar-refractivity contribution in [1.29, 1.82) is 0 Å². The Bertz CT molecular complexity index is 604. The minimum absolute atomic E-state index is 0.400. The zero-order chi connectivity index (χ0) is 14.9. The first-order valence-electron chi connectivity index (χ1n) is 7.01. The summed E-state index contributed by atoms with van der Waals surface area (Å²) in [5.41, 5.74) is 2.04. The molecule has 20 heavy (non-hydrogen) atoms. The number of rotatable bonds is 5. The van der Waals surface area contributed by atoms with E-state index in [9.17, 15) is 0 Å². The third-order valence-electron chi connectivity index (χ3n) is 3.24. The molecule has 0 saturated heterocycles. The average molecular weight is 359 g/mol. The second-order valence-corrected chi connectivity index (χ2v) is 7.21. The number of hydrogen-bond donors (Lipinski definition) is 1. The lowest BCUT2D eigenvalue weighted by Crippen LogP contribution is -2.19. The molecule has 0 aliphatic rings. The van der Waals surface area contributed by atoms with E-state index in [0.29, 0.717) is 16.9 Å². The van der Waals surface area contributed by atoms with E-state index >= 15 is 0 Å². The molecule has 2 aromatic rings. The van der Waals surface area contributed by atoms with Crippen molar-refractivity contribution < 1.29 is 4.42 Å². The van der Waals surface area contributed by atoms with Crippen molar-refractivity contribution in [1.82, 2.24) is 5.32 Å². The van der Waals surface area contributed by atoms with Crippen LogP contribution in [0.5, 0.6) is 0 Å². The van der Waals surface area contributed by atoms with Crippen LogP contribution < -0.4 is 5.32 Å². The summed E-state index contributed by atoms with van der Waals surface area (Å²) >= 11 is 9.80. The minimum Gasteiger partial charge on any atom is -0.458 e. The van der Waals surface area contributed by atoms with E-state index in [1.165, 1.54) is 5.56 Å². The van der Waals surface area contributed by atoms with Gasteiger partial charge in [0.25, 0.3) is 0 Å². The topological polar surface area (TPSA) is 25.2 Å². The predicted molar refractivity (Wildman–Crippen MR) is 89.6 cm³/mol. The second kappa shape index (κ2) is 6.50. The molecule has 0 radical (unpaired) electrons. The highest BCUT2D eigenvalue weighted by atomic mass is 79.9. The van der Waals surface area contributed by atoms with Crippen LogP contribution in [0, 0.1) is 5.92 Å². The van der Waals surface area contributed by atoms with Crippen LogP contribution in [-0.2, 0) is 6.54 Å². The lowest BCUT2D eigenvalue weighted by atomic mass is 9.99. The minimum atomic E-state index is 0.400. The van der Waals surface area contributed by atoms with Gasteiger partial charge in [-0.25, -0.2) is 0 Å². The standard InChI is InChI=1S/C16H21BrClNO/c1-9(2)7-19-8-14-15(10(3)4)12-5-11(17)6-13(18)16(12)20-14/h5-6,9-10,19H,7-8H2,1-4H3. The SMILES string of the molecule is CC(C)CNCc1oc2c(Cl)cc(Br)cc2c1C(C)C. The molecule has 1 aromatic carbocycles. The third-order valence-corrected chi connectivity index (χ3v) is 3.98. The van der Waals surface area contributed by atoms with Crippen molar-refractivity contribution in [3.8, 4) is 0 Å².